The molecule has 32 heavy (non-hydrogen) atoms. The quantitative estimate of drug-likeness (QED) is 0.370. The number of thiophene rings is 1. The largest absolute Gasteiger partial charge is 1.00 e. The molecule has 0 saturated heterocycles. The van der Waals surface area contributed by atoms with Gasteiger partial charge in [0.25, 0.3) is 0 Å². The zero-order valence-electron chi connectivity index (χ0n) is 16.4. The molecule has 1 N–H and O–H groups in total. The number of rotatable bonds is 3. The summed E-state index contributed by atoms with van der Waals surface area (Å²) in [7, 11) is 0. The summed E-state index contributed by atoms with van der Waals surface area (Å²) in [5.74, 6) is 0.627. The van der Waals surface area contributed by atoms with Gasteiger partial charge in [-0.3, -0.25) is 0 Å². The fourth-order valence-electron chi connectivity index (χ4n) is 3.40. The van der Waals surface area contributed by atoms with E-state index in [1.165, 1.54) is 12.1 Å². The van der Waals surface area contributed by atoms with Gasteiger partial charge in [-0.15, -0.1) is 0 Å². The Balaban J connectivity index is 0.00000128. The van der Waals surface area contributed by atoms with Crippen LogP contribution in [-0.4, -0.2) is 23.8 Å². The fraction of sp³-hybridized carbons (Fsp3) is 0.190. The van der Waals surface area contributed by atoms with Crippen molar-refractivity contribution >= 4 is 29.1 Å². The van der Waals surface area contributed by atoms with E-state index < -0.39 is 0 Å². The summed E-state index contributed by atoms with van der Waals surface area (Å²) in [5.41, 5.74) is 3.74. The second kappa shape index (κ2) is 12.5. The zero-order chi connectivity index (χ0) is 19.1. The minimum Gasteiger partial charge on any atom is -1.00 e. The Hall–Kier alpha value is -0.986. The third-order valence-electron chi connectivity index (χ3n) is 4.91. The number of amidine groups is 1. The van der Waals surface area contributed by atoms with Crippen LogP contribution in [0.25, 0.3) is 0 Å². The Morgan fingerprint density at radius 2 is 1.75 bits per heavy atom. The maximum Gasteiger partial charge on any atom is -1.00 e. The van der Waals surface area contributed by atoms with Gasteiger partial charge in [-0.2, -0.15) is 0 Å². The number of hydrogen-bond acceptors (Lipinski definition) is 5. The number of aliphatic imine (C=N–C) groups is 1. The van der Waals surface area contributed by atoms with Crippen molar-refractivity contribution in [2.24, 2.45) is 15.2 Å². The molecule has 11 heteroatoms. The van der Waals surface area contributed by atoms with Crippen LogP contribution in [0.1, 0.15) is 29.2 Å². The molecule has 3 heterocycles. The number of nitrogens with zero attached hydrogens (tertiary/aromatic N) is 3. The van der Waals surface area contributed by atoms with Crippen molar-refractivity contribution < 1.29 is 74.5 Å². The van der Waals surface area contributed by atoms with Crippen LogP contribution < -0.4 is 54.9 Å². The molecule has 1 aliphatic carbocycles. The third-order valence-corrected chi connectivity index (χ3v) is 6.63. The zero-order valence-corrected chi connectivity index (χ0v) is 21.8. The fourth-order valence-corrected chi connectivity index (χ4v) is 4.98. The molecule has 0 spiro atoms. The maximum atomic E-state index is 13.5. The molecule has 1 saturated carbocycles. The van der Waals surface area contributed by atoms with Crippen LogP contribution in [0, 0.1) is 5.82 Å². The van der Waals surface area contributed by atoms with Crippen molar-refractivity contribution in [1.82, 2.24) is 5.32 Å². The van der Waals surface area contributed by atoms with Crippen molar-refractivity contribution in [1.29, 1.82) is 0 Å². The molecule has 0 radical (unpaired) electrons. The molecule has 1 atom stereocenters. The van der Waals surface area contributed by atoms with Crippen LogP contribution in [0.5, 0.6) is 0 Å². The summed E-state index contributed by atoms with van der Waals surface area (Å²) >= 11 is 3.76. The molecule has 1 aromatic heterocycles. The van der Waals surface area contributed by atoms with Gasteiger partial charge in [-0.1, -0.05) is 0 Å². The van der Waals surface area contributed by atoms with Crippen LogP contribution >= 0.6 is 11.3 Å². The van der Waals surface area contributed by atoms with E-state index in [1.54, 1.807) is 17.6 Å². The Kier molecular flexibility index (Phi) is 11.3. The van der Waals surface area contributed by atoms with E-state index in [0.29, 0.717) is 6.04 Å². The number of benzene rings is 1. The molecule has 5 rings (SSSR count). The van der Waals surface area contributed by atoms with Gasteiger partial charge in [0.1, 0.15) is 0 Å². The summed E-state index contributed by atoms with van der Waals surface area (Å²) in [6, 6.07) is 11.3. The number of nitrogens with one attached hydrogen (secondary N) is 1. The first-order chi connectivity index (χ1) is 13.7. The molecule has 0 amide bonds. The van der Waals surface area contributed by atoms with Crippen molar-refractivity contribution in [2.75, 3.05) is 0 Å². The van der Waals surface area contributed by atoms with E-state index >= 15 is 0 Å². The van der Waals surface area contributed by atoms with Gasteiger partial charge in [0, 0.05) is 0 Å². The SMILES string of the molecule is Fc1ccc(C2C(NC3CC3)=NC3=CC=NN=C(c4cccs4)C3=[C]2[Ti+4])cc1.[Cl-].[Cl-].[Cl-].[Cl-]. The Morgan fingerprint density at radius 1 is 1.03 bits per heavy atom. The summed E-state index contributed by atoms with van der Waals surface area (Å²) in [5, 5.41) is 14.3. The molecule has 3 aliphatic rings. The van der Waals surface area contributed by atoms with Gasteiger partial charge < -0.3 is 49.6 Å². The molecule has 2 aromatic rings. The monoisotopic (exact) mass is 563 g/mol. The van der Waals surface area contributed by atoms with Gasteiger partial charge in [-0.25, -0.2) is 0 Å². The average Bonchev–Trinajstić information content (AvgIpc) is 3.39. The van der Waals surface area contributed by atoms with Gasteiger partial charge in [-0.05, 0) is 0 Å². The van der Waals surface area contributed by atoms with Crippen molar-refractivity contribution in [2.45, 2.75) is 24.8 Å². The van der Waals surface area contributed by atoms with E-state index in [0.717, 1.165) is 50.0 Å². The summed E-state index contributed by atoms with van der Waals surface area (Å²) < 4.78 is 14.7. The average molecular weight is 565 g/mol. The molecule has 1 aromatic carbocycles. The first-order valence-corrected chi connectivity index (χ1v) is 10.8. The second-order valence-corrected chi connectivity index (χ2v) is 8.72. The van der Waals surface area contributed by atoms with E-state index in [9.17, 15) is 4.39 Å². The number of allylic oxidation sites excluding steroid dienone is 2. The van der Waals surface area contributed by atoms with Crippen LogP contribution in [0.4, 0.5) is 4.39 Å². The Labute approximate surface area is 226 Å². The maximum absolute atomic E-state index is 13.5. The predicted molar refractivity (Wildman–Crippen MR) is 107 cm³/mol. The normalized spacial score (nSPS) is 18.8. The standard InChI is InChI=1S/C21H16FN4S.4ClH.Ti/c22-14-5-3-13(4-6-14)16-12-17-18(25-21(16)24-15-7-8-15)9-10-23-26-20(17)19-2-1-11-27-19;;;;;/h1-6,9-11,15-16H,7-8H2,(H,24,25);4*1H;/q;;;;;+4/p-4. The topological polar surface area (TPSA) is 49.1 Å². The van der Waals surface area contributed by atoms with Gasteiger partial charge in [0.05, 0.1) is 0 Å². The summed E-state index contributed by atoms with van der Waals surface area (Å²) in [6.07, 6.45) is 5.93. The summed E-state index contributed by atoms with van der Waals surface area (Å²) in [6.45, 7) is 0. The van der Waals surface area contributed by atoms with E-state index in [4.69, 9.17) is 4.99 Å². The molecular weight excluding hydrogens is 549 g/mol. The first-order valence-electron chi connectivity index (χ1n) is 9.13. The number of hydrogen-bond donors (Lipinski definition) is 1. The smallest absolute Gasteiger partial charge is 1.00 e. The number of fused-ring (bicyclic) bond motifs is 1. The van der Waals surface area contributed by atoms with E-state index in [-0.39, 0.29) is 61.4 Å². The molecule has 1 fully saturated rings. The van der Waals surface area contributed by atoms with Gasteiger partial charge in [0.15, 0.2) is 0 Å². The summed E-state index contributed by atoms with van der Waals surface area (Å²) in [4.78, 5) is 6.04. The first kappa shape index (κ1) is 29.0. The van der Waals surface area contributed by atoms with Gasteiger partial charge in [0.2, 0.25) is 0 Å². The number of halogens is 5. The molecule has 0 bridgehead atoms. The molecule has 1 unspecified atom stereocenters. The van der Waals surface area contributed by atoms with Crippen molar-refractivity contribution in [3.05, 3.63) is 79.3 Å². The molecule has 4 nitrogen and oxygen atoms in total. The van der Waals surface area contributed by atoms with Crippen LogP contribution in [0.15, 0.2) is 78.2 Å². The Bertz CT molecular complexity index is 1080. The minimum atomic E-state index is -0.234. The number of dihydropyridines is 1. The third kappa shape index (κ3) is 5.92. The van der Waals surface area contributed by atoms with Crippen molar-refractivity contribution in [3.8, 4) is 0 Å². The van der Waals surface area contributed by atoms with E-state index in [1.807, 2.05) is 29.7 Å². The van der Waals surface area contributed by atoms with Crippen molar-refractivity contribution in [3.63, 3.8) is 0 Å². The van der Waals surface area contributed by atoms with Crippen LogP contribution in [0.2, 0.25) is 0 Å². The van der Waals surface area contributed by atoms with Crippen LogP contribution in [-0.2, 0) is 20.4 Å². The van der Waals surface area contributed by atoms with Crippen LogP contribution in [0.3, 0.4) is 0 Å². The van der Waals surface area contributed by atoms with E-state index in [2.05, 4.69) is 42.0 Å². The molecular formula is C21H16Cl4FN4STi. The minimum absolute atomic E-state index is 0. The van der Waals surface area contributed by atoms with Gasteiger partial charge >= 0.3 is 178 Å². The molecule has 2 aliphatic heterocycles. The Morgan fingerprint density at radius 3 is 2.38 bits per heavy atom. The molecule has 165 valence electrons. The predicted octanol–water partition coefficient (Wildman–Crippen LogP) is -7.68. The second-order valence-electron chi connectivity index (χ2n) is 6.93.